The van der Waals surface area contributed by atoms with E-state index in [2.05, 4.69) is 29.0 Å². The van der Waals surface area contributed by atoms with Gasteiger partial charge in [0.25, 0.3) is 0 Å². The van der Waals surface area contributed by atoms with Crippen molar-refractivity contribution in [3.63, 3.8) is 0 Å². The lowest BCUT2D eigenvalue weighted by molar-refractivity contribution is -0.113. The first kappa shape index (κ1) is 23.5. The Morgan fingerprint density at radius 3 is 2.66 bits per heavy atom. The summed E-state index contributed by atoms with van der Waals surface area (Å²) in [7, 11) is 0. The van der Waals surface area contributed by atoms with Gasteiger partial charge in [-0.25, -0.2) is 8.78 Å². The van der Waals surface area contributed by atoms with Crippen molar-refractivity contribution in [2.45, 2.75) is 38.1 Å². The lowest BCUT2D eigenvalue weighted by Gasteiger charge is -2.16. The van der Waals surface area contributed by atoms with Crippen LogP contribution in [0.25, 0.3) is 0 Å². The van der Waals surface area contributed by atoms with Crippen LogP contribution in [0.5, 0.6) is 5.75 Å². The Bertz CT molecular complexity index is 1090. The summed E-state index contributed by atoms with van der Waals surface area (Å²) in [6.07, 6.45) is 1.93. The number of halogens is 2. The molecule has 3 rings (SSSR count). The number of aromatic nitrogens is 3. The molecule has 0 spiro atoms. The average Bonchev–Trinajstić information content (AvgIpc) is 3.18. The van der Waals surface area contributed by atoms with E-state index in [1.165, 1.54) is 23.4 Å². The van der Waals surface area contributed by atoms with Gasteiger partial charge in [-0.3, -0.25) is 9.36 Å². The number of carbonyl (C=O) groups excluding carboxylic acids is 1. The highest BCUT2D eigenvalue weighted by Gasteiger charge is 2.21. The minimum absolute atomic E-state index is 0.0882. The van der Waals surface area contributed by atoms with Gasteiger partial charge in [0.15, 0.2) is 28.7 Å². The largest absolute Gasteiger partial charge is 0.480 e. The monoisotopic (exact) mass is 458 g/mol. The molecular weight excluding hydrogens is 434 g/mol. The van der Waals surface area contributed by atoms with E-state index in [0.717, 1.165) is 24.2 Å². The van der Waals surface area contributed by atoms with Crippen molar-refractivity contribution in [3.8, 4) is 5.75 Å². The van der Waals surface area contributed by atoms with Crippen LogP contribution in [0, 0.1) is 11.6 Å². The van der Waals surface area contributed by atoms with Crippen LogP contribution in [0.2, 0.25) is 0 Å². The Morgan fingerprint density at radius 2 is 2.00 bits per heavy atom. The van der Waals surface area contributed by atoms with Gasteiger partial charge in [0.2, 0.25) is 5.91 Å². The number of carbonyl (C=O) groups is 1. The smallest absolute Gasteiger partial charge is 0.234 e. The molecule has 0 bridgehead atoms. The van der Waals surface area contributed by atoms with E-state index < -0.39 is 17.7 Å². The first-order chi connectivity index (χ1) is 15.4. The topological polar surface area (TPSA) is 69.0 Å². The Hall–Kier alpha value is -3.20. The number of allylic oxidation sites excluding steroid dienone is 1. The van der Waals surface area contributed by atoms with Crippen molar-refractivity contribution in [1.29, 1.82) is 0 Å². The van der Waals surface area contributed by atoms with Gasteiger partial charge in [-0.2, -0.15) is 0 Å². The molecule has 9 heteroatoms. The van der Waals surface area contributed by atoms with Gasteiger partial charge in [-0.1, -0.05) is 36.9 Å². The number of nitrogens with one attached hydrogen (secondary N) is 1. The zero-order chi connectivity index (χ0) is 23.1. The van der Waals surface area contributed by atoms with Gasteiger partial charge in [-0.15, -0.1) is 16.8 Å². The summed E-state index contributed by atoms with van der Waals surface area (Å²) in [4.78, 5) is 12.3. The SMILES string of the molecule is C=CCn1c(SCC(=O)Nc2ccc(CC)cc2)nnc1C(C)Oc1ccc(F)cc1F. The molecule has 0 aliphatic carbocycles. The zero-order valence-corrected chi connectivity index (χ0v) is 18.7. The zero-order valence-electron chi connectivity index (χ0n) is 17.8. The van der Waals surface area contributed by atoms with Gasteiger partial charge in [0.1, 0.15) is 5.82 Å². The number of rotatable bonds is 10. The van der Waals surface area contributed by atoms with Crippen molar-refractivity contribution in [2.75, 3.05) is 11.1 Å². The number of ether oxygens (including phenoxy) is 1. The van der Waals surface area contributed by atoms with E-state index in [4.69, 9.17) is 4.74 Å². The van der Waals surface area contributed by atoms with Gasteiger partial charge < -0.3 is 10.1 Å². The second kappa shape index (κ2) is 10.9. The molecule has 0 aliphatic rings. The number of hydrogen-bond acceptors (Lipinski definition) is 5. The van der Waals surface area contributed by atoms with Crippen LogP contribution in [0.4, 0.5) is 14.5 Å². The maximum Gasteiger partial charge on any atom is 0.234 e. The van der Waals surface area contributed by atoms with Crippen molar-refractivity contribution in [2.24, 2.45) is 0 Å². The molecule has 2 aromatic carbocycles. The number of aryl methyl sites for hydroxylation is 1. The van der Waals surface area contributed by atoms with E-state index in [1.54, 1.807) is 17.6 Å². The van der Waals surface area contributed by atoms with Crippen LogP contribution in [0.15, 0.2) is 60.3 Å². The molecule has 0 radical (unpaired) electrons. The molecule has 1 N–H and O–H groups in total. The lowest BCUT2D eigenvalue weighted by atomic mass is 10.1. The second-order valence-corrected chi connectivity index (χ2v) is 7.90. The van der Waals surface area contributed by atoms with Gasteiger partial charge in [-0.05, 0) is 43.2 Å². The molecule has 1 unspecified atom stereocenters. The van der Waals surface area contributed by atoms with Crippen molar-refractivity contribution in [3.05, 3.63) is 78.1 Å². The fraction of sp³-hybridized carbons (Fsp3) is 0.261. The summed E-state index contributed by atoms with van der Waals surface area (Å²) in [6.45, 7) is 7.88. The predicted molar refractivity (Wildman–Crippen MR) is 121 cm³/mol. The molecule has 1 aromatic heterocycles. The highest BCUT2D eigenvalue weighted by molar-refractivity contribution is 7.99. The molecule has 3 aromatic rings. The number of thioether (sulfide) groups is 1. The van der Waals surface area contributed by atoms with E-state index in [1.807, 2.05) is 24.3 Å². The third-order valence-electron chi connectivity index (χ3n) is 4.60. The molecule has 0 saturated heterocycles. The van der Waals surface area contributed by atoms with E-state index in [9.17, 15) is 13.6 Å². The fourth-order valence-corrected chi connectivity index (χ4v) is 3.73. The highest BCUT2D eigenvalue weighted by atomic mass is 32.2. The van der Waals surface area contributed by atoms with Crippen LogP contribution >= 0.6 is 11.8 Å². The summed E-state index contributed by atoms with van der Waals surface area (Å²) in [5.41, 5.74) is 1.92. The summed E-state index contributed by atoms with van der Waals surface area (Å²) in [5.74, 6) is -1.18. The quantitative estimate of drug-likeness (QED) is 0.335. The number of anilines is 1. The summed E-state index contributed by atoms with van der Waals surface area (Å²) in [6, 6.07) is 10.8. The normalized spacial score (nSPS) is 11.8. The molecule has 1 amide bonds. The Morgan fingerprint density at radius 1 is 1.25 bits per heavy atom. The fourth-order valence-electron chi connectivity index (χ4n) is 2.97. The first-order valence-electron chi connectivity index (χ1n) is 10.1. The molecule has 0 saturated carbocycles. The first-order valence-corrected chi connectivity index (χ1v) is 11.1. The summed E-state index contributed by atoms with van der Waals surface area (Å²) in [5, 5.41) is 11.7. The standard InChI is InChI=1S/C23H24F2N4O2S/c1-4-12-29-22(15(3)31-20-11-8-17(24)13-19(20)25)27-28-23(29)32-14-21(30)26-18-9-6-16(5-2)7-10-18/h4,6-11,13,15H,1,5,12,14H2,2-3H3,(H,26,30). The minimum atomic E-state index is -0.801. The van der Waals surface area contributed by atoms with Crippen LogP contribution < -0.4 is 10.1 Å². The molecular formula is C23H24F2N4O2S. The molecule has 6 nitrogen and oxygen atoms in total. The number of benzene rings is 2. The molecule has 168 valence electrons. The third-order valence-corrected chi connectivity index (χ3v) is 5.56. The van der Waals surface area contributed by atoms with Crippen molar-refractivity contribution >= 4 is 23.4 Å². The number of amides is 1. The second-order valence-electron chi connectivity index (χ2n) is 6.96. The molecule has 32 heavy (non-hydrogen) atoms. The van der Waals surface area contributed by atoms with Crippen LogP contribution in [0.3, 0.4) is 0 Å². The molecule has 0 aliphatic heterocycles. The van der Waals surface area contributed by atoms with E-state index in [-0.39, 0.29) is 17.4 Å². The van der Waals surface area contributed by atoms with E-state index in [0.29, 0.717) is 17.5 Å². The average molecular weight is 459 g/mol. The molecule has 1 atom stereocenters. The van der Waals surface area contributed by atoms with Gasteiger partial charge >= 0.3 is 0 Å². The summed E-state index contributed by atoms with van der Waals surface area (Å²) >= 11 is 1.22. The Kier molecular flexibility index (Phi) is 7.99. The van der Waals surface area contributed by atoms with Crippen LogP contribution in [0.1, 0.15) is 31.3 Å². The highest BCUT2D eigenvalue weighted by Crippen LogP contribution is 2.27. The summed E-state index contributed by atoms with van der Waals surface area (Å²) < 4.78 is 34.4. The number of hydrogen-bond donors (Lipinski definition) is 1. The van der Waals surface area contributed by atoms with Crippen LogP contribution in [-0.4, -0.2) is 26.4 Å². The minimum Gasteiger partial charge on any atom is -0.480 e. The predicted octanol–water partition coefficient (Wildman–Crippen LogP) is 5.18. The lowest BCUT2D eigenvalue weighted by Crippen LogP contribution is -2.15. The van der Waals surface area contributed by atoms with Crippen LogP contribution in [-0.2, 0) is 17.8 Å². The third kappa shape index (κ3) is 5.94. The van der Waals surface area contributed by atoms with Gasteiger partial charge in [0.05, 0.1) is 5.75 Å². The van der Waals surface area contributed by atoms with Crippen molar-refractivity contribution < 1.29 is 18.3 Å². The van der Waals surface area contributed by atoms with Gasteiger partial charge in [0, 0.05) is 18.3 Å². The van der Waals surface area contributed by atoms with Crippen molar-refractivity contribution in [1.82, 2.24) is 14.8 Å². The molecule has 0 fully saturated rings. The Labute approximate surface area is 189 Å². The maximum atomic E-state index is 13.9. The Balaban J connectivity index is 1.66. The maximum absolute atomic E-state index is 13.9. The van der Waals surface area contributed by atoms with E-state index >= 15 is 0 Å². The molecule has 1 heterocycles. The number of nitrogens with zero attached hydrogens (tertiary/aromatic N) is 3.